The molecule has 7 nitrogen and oxygen atoms in total. The topological polar surface area (TPSA) is 82.9 Å². The number of nitrogens with zero attached hydrogens (tertiary/aromatic N) is 2. The maximum Gasteiger partial charge on any atom is 0.106 e. The molecule has 0 aromatic carbocycles. The number of hydrogen-bond acceptors (Lipinski definition) is 13. The number of pyridine rings is 2. The summed E-state index contributed by atoms with van der Waals surface area (Å²) in [7, 11) is 7.87. The van der Waals surface area contributed by atoms with E-state index in [1.165, 1.54) is 0 Å². The first kappa shape index (κ1) is 36.2. The van der Waals surface area contributed by atoms with Crippen molar-refractivity contribution in [3.8, 4) is 0 Å². The Labute approximate surface area is 243 Å². The van der Waals surface area contributed by atoms with Crippen LogP contribution in [0, 0.1) is 0 Å². The number of thiol groups is 2. The summed E-state index contributed by atoms with van der Waals surface area (Å²) in [6.07, 6.45) is 3.62. The summed E-state index contributed by atoms with van der Waals surface area (Å²) >= 11 is 7.97. The molecule has 0 aliphatic rings. The van der Waals surface area contributed by atoms with Crippen molar-refractivity contribution in [2.24, 2.45) is 0 Å². The fraction of sp³-hybridized carbons (Fsp3) is 0.565. The highest BCUT2D eigenvalue weighted by Crippen LogP contribution is 2.29. The van der Waals surface area contributed by atoms with E-state index in [1.807, 2.05) is 48.8 Å². The SMILES string of the molecule is CO.SCCOCCOCCS.c1ccc(SSCCOCCOCCSSc2ccccn2)nc1. The lowest BCUT2D eigenvalue weighted by molar-refractivity contribution is 0.0606. The van der Waals surface area contributed by atoms with E-state index in [4.69, 9.17) is 24.1 Å². The summed E-state index contributed by atoms with van der Waals surface area (Å²) in [5, 5.41) is 9.07. The van der Waals surface area contributed by atoms with Crippen LogP contribution in [0.2, 0.25) is 0 Å². The van der Waals surface area contributed by atoms with Crippen molar-refractivity contribution >= 4 is 68.4 Å². The van der Waals surface area contributed by atoms with Gasteiger partial charge in [0.1, 0.15) is 10.1 Å². The van der Waals surface area contributed by atoms with E-state index in [-0.39, 0.29) is 0 Å². The highest BCUT2D eigenvalue weighted by molar-refractivity contribution is 8.77. The number of aliphatic hydroxyl groups excluding tert-OH is 1. The summed E-state index contributed by atoms with van der Waals surface area (Å²) in [6, 6.07) is 11.9. The molecule has 36 heavy (non-hydrogen) atoms. The molecule has 2 aromatic rings. The Hall–Kier alpha value is 0.200. The Morgan fingerprint density at radius 2 is 1.00 bits per heavy atom. The number of aromatic nitrogens is 2. The van der Waals surface area contributed by atoms with Gasteiger partial charge < -0.3 is 24.1 Å². The maximum atomic E-state index is 7.00. The predicted molar refractivity (Wildman–Crippen MR) is 164 cm³/mol. The highest BCUT2D eigenvalue weighted by atomic mass is 33.1. The van der Waals surface area contributed by atoms with E-state index in [0.29, 0.717) is 39.6 Å². The molecule has 0 atom stereocenters. The van der Waals surface area contributed by atoms with Gasteiger partial charge in [-0.05, 0) is 45.9 Å². The lowest BCUT2D eigenvalue weighted by Crippen LogP contribution is -2.07. The van der Waals surface area contributed by atoms with E-state index in [2.05, 4.69) is 35.2 Å². The molecule has 0 amide bonds. The smallest absolute Gasteiger partial charge is 0.106 e. The molecule has 0 fully saturated rings. The fourth-order valence-electron chi connectivity index (χ4n) is 1.96. The molecule has 2 rings (SSSR count). The Bertz CT molecular complexity index is 610. The van der Waals surface area contributed by atoms with Crippen LogP contribution in [0.5, 0.6) is 0 Å². The third-order valence-corrected chi connectivity index (χ3v) is 8.23. The minimum atomic E-state index is 0.646. The van der Waals surface area contributed by atoms with Gasteiger partial charge in [-0.1, -0.05) is 33.7 Å². The van der Waals surface area contributed by atoms with E-state index >= 15 is 0 Å². The number of ether oxygens (including phenoxy) is 4. The van der Waals surface area contributed by atoms with Crippen LogP contribution in [-0.4, -0.2) is 98.1 Å². The fourth-order valence-corrected chi connectivity index (χ4v) is 5.69. The van der Waals surface area contributed by atoms with Gasteiger partial charge in [-0.3, -0.25) is 0 Å². The van der Waals surface area contributed by atoms with E-state index in [1.54, 1.807) is 43.2 Å². The summed E-state index contributed by atoms with van der Waals surface area (Å²) < 4.78 is 21.3. The molecule has 0 unspecified atom stereocenters. The monoisotopic (exact) mass is 614 g/mol. The number of rotatable bonds is 20. The molecular formula is C23H38N2O5S6. The molecule has 0 radical (unpaired) electrons. The van der Waals surface area contributed by atoms with Gasteiger partial charge in [0, 0.05) is 42.5 Å². The van der Waals surface area contributed by atoms with Crippen molar-refractivity contribution in [1.29, 1.82) is 0 Å². The second-order valence-electron chi connectivity index (χ2n) is 6.04. The summed E-state index contributed by atoms with van der Waals surface area (Å²) in [5.74, 6) is 3.43. The van der Waals surface area contributed by atoms with E-state index in [0.717, 1.165) is 53.4 Å². The van der Waals surface area contributed by atoms with E-state index in [9.17, 15) is 0 Å². The van der Waals surface area contributed by atoms with Gasteiger partial charge in [-0.2, -0.15) is 25.3 Å². The molecular weight excluding hydrogens is 577 g/mol. The second-order valence-corrected chi connectivity index (χ2v) is 11.8. The quantitative estimate of drug-likeness (QED) is 0.105. The normalized spacial score (nSPS) is 10.2. The van der Waals surface area contributed by atoms with Crippen LogP contribution in [-0.2, 0) is 18.9 Å². The molecule has 2 aromatic heterocycles. The molecule has 1 N–H and O–H groups in total. The van der Waals surface area contributed by atoms with Crippen LogP contribution >= 0.6 is 68.4 Å². The first-order valence-electron chi connectivity index (χ1n) is 11.2. The first-order valence-corrected chi connectivity index (χ1v) is 17.2. The van der Waals surface area contributed by atoms with Crippen molar-refractivity contribution in [2.45, 2.75) is 10.1 Å². The van der Waals surface area contributed by atoms with Crippen molar-refractivity contribution < 1.29 is 24.1 Å². The highest BCUT2D eigenvalue weighted by Gasteiger charge is 1.97. The molecule has 0 saturated carbocycles. The van der Waals surface area contributed by atoms with E-state index < -0.39 is 0 Å². The lowest BCUT2D eigenvalue weighted by Gasteiger charge is -2.05. The first-order chi connectivity index (χ1) is 17.9. The molecule has 0 saturated heterocycles. The van der Waals surface area contributed by atoms with Gasteiger partial charge in [0.2, 0.25) is 0 Å². The molecule has 206 valence electrons. The maximum absolute atomic E-state index is 7.00. The lowest BCUT2D eigenvalue weighted by atomic mass is 10.5. The Morgan fingerprint density at radius 3 is 1.33 bits per heavy atom. The number of aliphatic hydroxyl groups is 1. The zero-order chi connectivity index (χ0) is 26.4. The minimum absolute atomic E-state index is 0.646. The van der Waals surface area contributed by atoms with Gasteiger partial charge in [0.25, 0.3) is 0 Å². The summed E-state index contributed by atoms with van der Waals surface area (Å²) in [6.45, 7) is 5.49. The van der Waals surface area contributed by atoms with Crippen LogP contribution in [0.4, 0.5) is 0 Å². The third-order valence-electron chi connectivity index (χ3n) is 3.40. The zero-order valence-corrected chi connectivity index (χ0v) is 25.7. The average molecular weight is 615 g/mol. The van der Waals surface area contributed by atoms with Gasteiger partial charge in [0.05, 0.1) is 52.9 Å². The van der Waals surface area contributed by atoms with Crippen molar-refractivity contribution in [1.82, 2.24) is 9.97 Å². The Morgan fingerprint density at radius 1 is 0.611 bits per heavy atom. The largest absolute Gasteiger partial charge is 0.400 e. The summed E-state index contributed by atoms with van der Waals surface area (Å²) in [5.41, 5.74) is 0. The van der Waals surface area contributed by atoms with Crippen LogP contribution in [0.1, 0.15) is 0 Å². The Balaban J connectivity index is 0.000000861. The standard InChI is InChI=1S/C16H20N2O2S4.C6H14O2S2.CH4O/c1-3-7-17-15(5-1)23-21-13-11-19-9-10-20-12-14-22-24-16-6-2-4-8-18-16;9-5-3-7-1-2-8-4-6-10;1-2/h1-8H,9-14H2;9-10H,1-6H2;2H,1H3. The molecule has 0 bridgehead atoms. The van der Waals surface area contributed by atoms with Crippen LogP contribution in [0.15, 0.2) is 58.8 Å². The molecule has 13 heteroatoms. The van der Waals surface area contributed by atoms with Crippen LogP contribution < -0.4 is 0 Å². The van der Waals surface area contributed by atoms with Crippen LogP contribution in [0.25, 0.3) is 0 Å². The average Bonchev–Trinajstić information content (AvgIpc) is 2.94. The molecule has 0 aliphatic heterocycles. The Kier molecular flexibility index (Phi) is 31.6. The number of hydrogen-bond donors (Lipinski definition) is 3. The van der Waals surface area contributed by atoms with Crippen molar-refractivity contribution in [3.63, 3.8) is 0 Å². The minimum Gasteiger partial charge on any atom is -0.400 e. The third kappa shape index (κ3) is 25.8. The predicted octanol–water partition coefficient (Wildman–Crippen LogP) is 5.18. The van der Waals surface area contributed by atoms with Gasteiger partial charge in [0.15, 0.2) is 0 Å². The summed E-state index contributed by atoms with van der Waals surface area (Å²) in [4.78, 5) is 8.51. The second kappa shape index (κ2) is 31.4. The molecule has 0 spiro atoms. The van der Waals surface area contributed by atoms with Gasteiger partial charge in [-0.15, -0.1) is 0 Å². The zero-order valence-electron chi connectivity index (χ0n) is 20.6. The van der Waals surface area contributed by atoms with Gasteiger partial charge >= 0.3 is 0 Å². The van der Waals surface area contributed by atoms with Crippen molar-refractivity contribution in [2.75, 3.05) is 83.0 Å². The molecule has 0 aliphatic carbocycles. The van der Waals surface area contributed by atoms with Gasteiger partial charge in [-0.25, -0.2) is 9.97 Å². The molecule has 2 heterocycles. The van der Waals surface area contributed by atoms with Crippen molar-refractivity contribution in [3.05, 3.63) is 48.8 Å². The van der Waals surface area contributed by atoms with Crippen LogP contribution in [0.3, 0.4) is 0 Å².